The fraction of sp³-hybridized carbons (Fsp3) is 0.304. The first-order chi connectivity index (χ1) is 14.0. The molecule has 29 heavy (non-hydrogen) atoms. The van der Waals surface area contributed by atoms with Gasteiger partial charge in [-0.3, -0.25) is 14.2 Å². The van der Waals surface area contributed by atoms with Crippen LogP contribution >= 0.6 is 0 Å². The summed E-state index contributed by atoms with van der Waals surface area (Å²) in [5, 5.41) is 9.91. The maximum Gasteiger partial charge on any atom is 0.307 e. The smallest absolute Gasteiger partial charge is 0.307 e. The minimum atomic E-state index is -0.898. The fourth-order valence-corrected chi connectivity index (χ4v) is 3.30. The maximum atomic E-state index is 13.1. The summed E-state index contributed by atoms with van der Waals surface area (Å²) in [5.41, 5.74) is 2.69. The van der Waals surface area contributed by atoms with Gasteiger partial charge in [-0.2, -0.15) is 0 Å². The molecule has 0 aliphatic heterocycles. The number of carbonyl (C=O) groups excluding carboxylic acids is 1. The number of ether oxygens (including phenoxy) is 2. The largest absolute Gasteiger partial charge is 0.491 e. The predicted molar refractivity (Wildman–Crippen MR) is 111 cm³/mol. The first-order valence-corrected chi connectivity index (χ1v) is 9.68. The Bertz CT molecular complexity index is 1000. The van der Waals surface area contributed by atoms with E-state index in [1.54, 1.807) is 41.0 Å². The molecular formula is C23H25NO5. The number of benzene rings is 2. The number of hydrogen-bond acceptors (Lipinski definition) is 4. The number of carbonyl (C=O) groups is 2. The van der Waals surface area contributed by atoms with Crippen LogP contribution in [0.5, 0.6) is 5.75 Å². The van der Waals surface area contributed by atoms with Crippen LogP contribution in [0.25, 0.3) is 10.9 Å². The highest BCUT2D eigenvalue weighted by molar-refractivity contribution is 6.04. The Morgan fingerprint density at radius 1 is 1.03 bits per heavy atom. The summed E-state index contributed by atoms with van der Waals surface area (Å²) in [4.78, 5) is 24.2. The lowest BCUT2D eigenvalue weighted by Crippen LogP contribution is -2.13. The number of carboxylic acid groups (broad SMARTS) is 1. The second-order valence-electron chi connectivity index (χ2n) is 6.83. The molecule has 1 aromatic heterocycles. The highest BCUT2D eigenvalue weighted by Crippen LogP contribution is 2.25. The summed E-state index contributed by atoms with van der Waals surface area (Å²) in [7, 11) is 0. The van der Waals surface area contributed by atoms with E-state index in [0.717, 1.165) is 24.1 Å². The Hall–Kier alpha value is -3.12. The highest BCUT2D eigenvalue weighted by Gasteiger charge is 2.17. The number of aryl methyl sites for hydroxylation is 1. The van der Waals surface area contributed by atoms with Crippen LogP contribution < -0.4 is 4.74 Å². The molecule has 0 amide bonds. The molecule has 3 rings (SSSR count). The van der Waals surface area contributed by atoms with Crippen LogP contribution in [0.4, 0.5) is 0 Å². The van der Waals surface area contributed by atoms with E-state index in [1.807, 2.05) is 19.1 Å². The molecule has 6 heteroatoms. The Kier molecular flexibility index (Phi) is 6.67. The number of nitrogens with zero attached hydrogens (tertiary/aromatic N) is 1. The minimum Gasteiger partial charge on any atom is -0.491 e. The van der Waals surface area contributed by atoms with Crippen LogP contribution in [-0.4, -0.2) is 41.4 Å². The lowest BCUT2D eigenvalue weighted by molar-refractivity contribution is -0.136. The van der Waals surface area contributed by atoms with E-state index in [2.05, 4.69) is 6.92 Å². The molecule has 0 atom stereocenters. The minimum absolute atomic E-state index is 0.0804. The Morgan fingerprint density at radius 2 is 1.79 bits per heavy atom. The first-order valence-electron chi connectivity index (χ1n) is 9.68. The normalized spacial score (nSPS) is 11.0. The van der Waals surface area contributed by atoms with Gasteiger partial charge in [0.25, 0.3) is 5.91 Å². The van der Waals surface area contributed by atoms with E-state index in [-0.39, 0.29) is 12.3 Å². The highest BCUT2D eigenvalue weighted by atomic mass is 16.5. The lowest BCUT2D eigenvalue weighted by atomic mass is 10.1. The SMILES string of the molecule is CCCOCCOc1ccc(C(=O)n2c(C)cc3c(CC(=O)O)cccc32)cc1. The molecule has 1 N–H and O–H groups in total. The predicted octanol–water partition coefficient (Wildman–Crippen LogP) is 4.07. The summed E-state index contributed by atoms with van der Waals surface area (Å²) in [6.45, 7) is 5.60. The van der Waals surface area contributed by atoms with E-state index < -0.39 is 5.97 Å². The van der Waals surface area contributed by atoms with Gasteiger partial charge >= 0.3 is 5.97 Å². The van der Waals surface area contributed by atoms with Gasteiger partial charge in [0.05, 0.1) is 18.5 Å². The molecule has 0 spiro atoms. The molecule has 0 saturated heterocycles. The molecule has 0 unspecified atom stereocenters. The molecule has 0 saturated carbocycles. The number of aliphatic carboxylic acids is 1. The van der Waals surface area contributed by atoms with E-state index in [4.69, 9.17) is 14.6 Å². The van der Waals surface area contributed by atoms with Crippen LogP contribution in [0.15, 0.2) is 48.5 Å². The molecular weight excluding hydrogens is 370 g/mol. The van der Waals surface area contributed by atoms with Crippen molar-refractivity contribution < 1.29 is 24.2 Å². The van der Waals surface area contributed by atoms with Gasteiger partial charge in [0, 0.05) is 23.3 Å². The molecule has 0 bridgehead atoms. The zero-order chi connectivity index (χ0) is 20.8. The summed E-state index contributed by atoms with van der Waals surface area (Å²) in [6.07, 6.45) is 0.894. The third kappa shape index (κ3) is 4.84. The van der Waals surface area contributed by atoms with Gasteiger partial charge in [0.15, 0.2) is 0 Å². The van der Waals surface area contributed by atoms with E-state index in [1.165, 1.54) is 0 Å². The summed E-state index contributed by atoms with van der Waals surface area (Å²) < 4.78 is 12.6. The lowest BCUT2D eigenvalue weighted by Gasteiger charge is -2.10. The monoisotopic (exact) mass is 395 g/mol. The van der Waals surface area contributed by atoms with Crippen molar-refractivity contribution in [3.63, 3.8) is 0 Å². The Balaban J connectivity index is 1.79. The van der Waals surface area contributed by atoms with Crippen LogP contribution in [0.1, 0.15) is 35.0 Å². The molecule has 2 aromatic carbocycles. The van der Waals surface area contributed by atoms with Gasteiger partial charge in [-0.05, 0) is 55.3 Å². The molecule has 6 nitrogen and oxygen atoms in total. The third-order valence-corrected chi connectivity index (χ3v) is 4.61. The van der Waals surface area contributed by atoms with Crippen LogP contribution in [0.3, 0.4) is 0 Å². The van der Waals surface area contributed by atoms with Gasteiger partial charge in [-0.1, -0.05) is 19.1 Å². The summed E-state index contributed by atoms with van der Waals surface area (Å²) >= 11 is 0. The second-order valence-corrected chi connectivity index (χ2v) is 6.83. The average Bonchev–Trinajstić information content (AvgIpc) is 3.04. The first kappa shape index (κ1) is 20.6. The van der Waals surface area contributed by atoms with Crippen molar-refractivity contribution in [3.05, 3.63) is 65.4 Å². The fourth-order valence-electron chi connectivity index (χ4n) is 3.30. The summed E-state index contributed by atoms with van der Waals surface area (Å²) in [6, 6.07) is 14.3. The molecule has 152 valence electrons. The van der Waals surface area contributed by atoms with Crippen molar-refractivity contribution in [2.75, 3.05) is 19.8 Å². The third-order valence-electron chi connectivity index (χ3n) is 4.61. The summed E-state index contributed by atoms with van der Waals surface area (Å²) in [5.74, 6) is -0.382. The number of hydrogen-bond donors (Lipinski definition) is 1. The van der Waals surface area contributed by atoms with Crippen LogP contribution in [0, 0.1) is 6.92 Å². The van der Waals surface area contributed by atoms with E-state index in [9.17, 15) is 9.59 Å². The van der Waals surface area contributed by atoms with Crippen molar-refractivity contribution in [2.45, 2.75) is 26.7 Å². The van der Waals surface area contributed by atoms with Gasteiger partial charge in [-0.15, -0.1) is 0 Å². The molecule has 3 aromatic rings. The average molecular weight is 395 g/mol. The number of carboxylic acids is 1. The van der Waals surface area contributed by atoms with Gasteiger partial charge in [0.1, 0.15) is 12.4 Å². The van der Waals surface area contributed by atoms with Crippen molar-refractivity contribution in [1.82, 2.24) is 4.57 Å². The number of aromatic nitrogens is 1. The molecule has 1 heterocycles. The molecule has 0 aliphatic rings. The van der Waals surface area contributed by atoms with Gasteiger partial charge in [0.2, 0.25) is 0 Å². The van der Waals surface area contributed by atoms with Crippen molar-refractivity contribution in [1.29, 1.82) is 0 Å². The van der Waals surface area contributed by atoms with E-state index >= 15 is 0 Å². The van der Waals surface area contributed by atoms with Crippen LogP contribution in [-0.2, 0) is 16.0 Å². The van der Waals surface area contributed by atoms with Gasteiger partial charge < -0.3 is 14.6 Å². The van der Waals surface area contributed by atoms with Gasteiger partial charge in [-0.25, -0.2) is 0 Å². The zero-order valence-electron chi connectivity index (χ0n) is 16.7. The van der Waals surface area contributed by atoms with Crippen LogP contribution in [0.2, 0.25) is 0 Å². The molecule has 0 radical (unpaired) electrons. The maximum absolute atomic E-state index is 13.1. The van der Waals surface area contributed by atoms with Crippen molar-refractivity contribution in [3.8, 4) is 5.75 Å². The van der Waals surface area contributed by atoms with E-state index in [0.29, 0.717) is 35.6 Å². The second kappa shape index (κ2) is 9.39. The quantitative estimate of drug-likeness (QED) is 0.553. The topological polar surface area (TPSA) is 77.8 Å². The van der Waals surface area contributed by atoms with Crippen molar-refractivity contribution in [2.24, 2.45) is 0 Å². The number of rotatable bonds is 9. The zero-order valence-corrected chi connectivity index (χ0v) is 16.7. The Labute approximate surface area is 169 Å². The van der Waals surface area contributed by atoms with Crippen molar-refractivity contribution >= 4 is 22.8 Å². The standard InChI is InChI=1S/C23H25NO5/c1-3-11-28-12-13-29-19-9-7-17(8-10-19)23(27)24-16(2)14-20-18(15-22(25)26)5-4-6-21(20)24/h4-10,14H,3,11-13,15H2,1-2H3,(H,25,26). The molecule has 0 fully saturated rings. The Morgan fingerprint density at radius 3 is 2.48 bits per heavy atom. The number of fused-ring (bicyclic) bond motifs is 1. The molecule has 0 aliphatic carbocycles.